The Hall–Kier alpha value is -0.617. The van der Waals surface area contributed by atoms with Gasteiger partial charge in [-0.2, -0.15) is 43.7 Å². The fourth-order valence-corrected chi connectivity index (χ4v) is 3.37. The first kappa shape index (κ1) is 33.6. The third-order valence-corrected chi connectivity index (χ3v) is 5.05. The van der Waals surface area contributed by atoms with Crippen molar-refractivity contribution >= 4 is 0 Å². The fourth-order valence-electron chi connectivity index (χ4n) is 3.37. The monoisotopic (exact) mass is 545 g/mol. The normalized spacial score (nSPS) is 12.5. The average Bonchev–Trinajstić information content (AvgIpc) is 3.31. The molecule has 0 saturated carbocycles. The SMILES string of the molecule is CC(C)(C)c1[c-]c2c(cc1)-c1ccc(C(C)(C)C)cc1C2.C[CH-]C.[C-]1=CC=CC1.[Cl-].[Cl-].[Zr+2]. The molecule has 2 aromatic carbocycles. The van der Waals surface area contributed by atoms with Crippen LogP contribution in [0.4, 0.5) is 0 Å². The van der Waals surface area contributed by atoms with Crippen LogP contribution in [-0.4, -0.2) is 0 Å². The molecule has 4 rings (SSSR count). The summed E-state index contributed by atoms with van der Waals surface area (Å²) in [5, 5.41) is 0. The van der Waals surface area contributed by atoms with Crippen LogP contribution < -0.4 is 24.8 Å². The first-order valence-corrected chi connectivity index (χ1v) is 10.7. The van der Waals surface area contributed by atoms with Crippen LogP contribution in [0, 0.1) is 18.6 Å². The van der Waals surface area contributed by atoms with Crippen molar-refractivity contribution in [1.29, 1.82) is 0 Å². The molecule has 0 fully saturated rings. The van der Waals surface area contributed by atoms with Crippen LogP contribution in [0.3, 0.4) is 0 Å². The minimum absolute atomic E-state index is 0. The predicted molar refractivity (Wildman–Crippen MR) is 128 cm³/mol. The van der Waals surface area contributed by atoms with Gasteiger partial charge >= 0.3 is 26.2 Å². The number of hydrogen-bond donors (Lipinski definition) is 0. The van der Waals surface area contributed by atoms with Gasteiger partial charge in [0.15, 0.2) is 0 Å². The summed E-state index contributed by atoms with van der Waals surface area (Å²) in [4.78, 5) is 0. The maximum Gasteiger partial charge on any atom is 2.00 e. The quantitative estimate of drug-likeness (QED) is 0.379. The topological polar surface area (TPSA) is 0 Å². The summed E-state index contributed by atoms with van der Waals surface area (Å²) in [7, 11) is 0. The van der Waals surface area contributed by atoms with E-state index in [2.05, 4.69) is 90.1 Å². The third kappa shape index (κ3) is 9.32. The molecule has 174 valence electrons. The Balaban J connectivity index is 0. The van der Waals surface area contributed by atoms with Gasteiger partial charge in [0.25, 0.3) is 0 Å². The van der Waals surface area contributed by atoms with E-state index in [-0.39, 0.29) is 61.8 Å². The standard InChI is InChI=1S/C21H25.C5H5.C3H7.2ClH.Zr/c1-20(2,3)16-7-9-18-14(12-16)11-15-13-17(21(4,5)6)8-10-19(15)18;1-2-4-5-3-1;1-3-2;;;/h7-10,12H,11H2,1-6H3;1-3H,4H2;3H,1-2H3;2*1H;/q3*-1;;;+2/p-2. The van der Waals surface area contributed by atoms with Gasteiger partial charge in [0.1, 0.15) is 0 Å². The maximum atomic E-state index is 3.67. The minimum Gasteiger partial charge on any atom is -1.00 e. The van der Waals surface area contributed by atoms with Crippen molar-refractivity contribution < 1.29 is 51.0 Å². The van der Waals surface area contributed by atoms with E-state index in [0.717, 1.165) is 12.8 Å². The molecule has 0 heterocycles. The number of rotatable bonds is 0. The van der Waals surface area contributed by atoms with Crippen LogP contribution in [0.5, 0.6) is 0 Å². The molecule has 0 aromatic heterocycles. The van der Waals surface area contributed by atoms with Gasteiger partial charge in [0, 0.05) is 0 Å². The largest absolute Gasteiger partial charge is 2.00 e. The Morgan fingerprint density at radius 1 is 0.844 bits per heavy atom. The first-order chi connectivity index (χ1) is 13.6. The van der Waals surface area contributed by atoms with Gasteiger partial charge in [-0.3, -0.25) is 6.08 Å². The minimum atomic E-state index is 0. The van der Waals surface area contributed by atoms with Gasteiger partial charge in [-0.25, -0.2) is 12.2 Å². The molecule has 0 N–H and O–H groups in total. The average molecular weight is 548 g/mol. The molecule has 0 bridgehead atoms. The molecule has 0 unspecified atom stereocenters. The molecule has 32 heavy (non-hydrogen) atoms. The number of fused-ring (bicyclic) bond motifs is 3. The Labute approximate surface area is 229 Å². The fraction of sp³-hybridized carbons (Fsp3) is 0.414. The number of benzene rings is 2. The van der Waals surface area contributed by atoms with E-state index in [1.807, 2.05) is 32.4 Å². The van der Waals surface area contributed by atoms with Gasteiger partial charge < -0.3 is 31.2 Å². The van der Waals surface area contributed by atoms with Crippen LogP contribution in [0.25, 0.3) is 11.1 Å². The molecule has 3 heteroatoms. The smallest absolute Gasteiger partial charge is 1.00 e. The summed E-state index contributed by atoms with van der Waals surface area (Å²) in [5.74, 6) is 0. The zero-order valence-electron chi connectivity index (χ0n) is 20.9. The number of halogens is 2. The number of hydrogen-bond acceptors (Lipinski definition) is 0. The molecular formula is C29H37Cl2Zr-3. The summed E-state index contributed by atoms with van der Waals surface area (Å²) >= 11 is 0. The molecule has 0 atom stereocenters. The Bertz CT molecular complexity index is 810. The van der Waals surface area contributed by atoms with Crippen molar-refractivity contribution in [1.82, 2.24) is 0 Å². The van der Waals surface area contributed by atoms with Crippen molar-refractivity contribution in [2.45, 2.75) is 79.1 Å². The second kappa shape index (κ2) is 14.6. The van der Waals surface area contributed by atoms with Gasteiger partial charge in [0.05, 0.1) is 0 Å². The van der Waals surface area contributed by atoms with Crippen LogP contribution in [-0.2, 0) is 43.5 Å². The van der Waals surface area contributed by atoms with Gasteiger partial charge in [-0.05, 0) is 28.4 Å². The zero-order valence-corrected chi connectivity index (χ0v) is 24.8. The molecule has 0 radical (unpaired) electrons. The van der Waals surface area contributed by atoms with E-state index in [9.17, 15) is 0 Å². The van der Waals surface area contributed by atoms with E-state index in [0.29, 0.717) is 0 Å². The first-order valence-electron chi connectivity index (χ1n) is 10.7. The molecular weight excluding hydrogens is 510 g/mol. The van der Waals surface area contributed by atoms with E-state index >= 15 is 0 Å². The molecule has 0 spiro atoms. The molecule has 0 nitrogen and oxygen atoms in total. The second-order valence-electron chi connectivity index (χ2n) is 9.89. The van der Waals surface area contributed by atoms with Crippen LogP contribution in [0.2, 0.25) is 0 Å². The predicted octanol–water partition coefficient (Wildman–Crippen LogP) is 2.19. The molecule has 2 aliphatic carbocycles. The van der Waals surface area contributed by atoms with E-state index in [1.165, 1.54) is 33.4 Å². The van der Waals surface area contributed by atoms with Crippen LogP contribution in [0.15, 0.2) is 48.6 Å². The summed E-state index contributed by atoms with van der Waals surface area (Å²) in [5.41, 5.74) is 8.70. The van der Waals surface area contributed by atoms with Crippen molar-refractivity contribution in [3.8, 4) is 11.1 Å². The Kier molecular flexibility index (Phi) is 15.3. The van der Waals surface area contributed by atoms with Gasteiger partial charge in [-0.15, -0.1) is 17.5 Å². The molecule has 0 saturated heterocycles. The summed E-state index contributed by atoms with van der Waals surface area (Å²) in [6.07, 6.45) is 13.0. The van der Waals surface area contributed by atoms with Gasteiger partial charge in [-0.1, -0.05) is 65.3 Å². The van der Waals surface area contributed by atoms with E-state index in [4.69, 9.17) is 0 Å². The summed E-state index contributed by atoms with van der Waals surface area (Å²) < 4.78 is 0. The van der Waals surface area contributed by atoms with Crippen molar-refractivity contribution in [3.63, 3.8) is 0 Å². The molecule has 2 aromatic rings. The van der Waals surface area contributed by atoms with Crippen LogP contribution >= 0.6 is 0 Å². The summed E-state index contributed by atoms with van der Waals surface area (Å²) in [6.45, 7) is 17.6. The second-order valence-corrected chi connectivity index (χ2v) is 9.89. The zero-order chi connectivity index (χ0) is 21.7. The number of allylic oxidation sites excluding steroid dienone is 4. The maximum absolute atomic E-state index is 3.67. The van der Waals surface area contributed by atoms with Crippen molar-refractivity contribution in [3.05, 3.63) is 89.4 Å². The molecule has 0 amide bonds. The van der Waals surface area contributed by atoms with Gasteiger partial charge in [0.2, 0.25) is 0 Å². The molecule has 0 aliphatic heterocycles. The van der Waals surface area contributed by atoms with Crippen molar-refractivity contribution in [2.75, 3.05) is 0 Å². The Morgan fingerprint density at radius 2 is 1.44 bits per heavy atom. The third-order valence-electron chi connectivity index (χ3n) is 5.05. The van der Waals surface area contributed by atoms with Crippen LogP contribution in [0.1, 0.15) is 84.1 Å². The van der Waals surface area contributed by atoms with Crippen molar-refractivity contribution in [2.24, 2.45) is 0 Å². The molecule has 2 aliphatic rings. The Morgan fingerprint density at radius 3 is 1.88 bits per heavy atom. The summed E-state index contributed by atoms with van der Waals surface area (Å²) in [6, 6.07) is 15.2. The van der Waals surface area contributed by atoms with E-state index < -0.39 is 0 Å². The van der Waals surface area contributed by atoms with E-state index in [1.54, 1.807) is 0 Å².